The van der Waals surface area contributed by atoms with E-state index in [1.807, 2.05) is 0 Å². The van der Waals surface area contributed by atoms with Crippen LogP contribution in [0.5, 0.6) is 0 Å². The zero-order chi connectivity index (χ0) is 12.0. The molecule has 6 heteroatoms. The Hall–Kier alpha value is -1.95. The molecule has 3 N–H and O–H groups in total. The van der Waals surface area contributed by atoms with Gasteiger partial charge in [-0.2, -0.15) is 0 Å². The van der Waals surface area contributed by atoms with E-state index in [0.717, 1.165) is 21.9 Å². The maximum Gasteiger partial charge on any atom is 0.181 e. The number of anilines is 1. The van der Waals surface area contributed by atoms with E-state index in [1.54, 1.807) is 17.5 Å². The minimum atomic E-state index is 0.664. The van der Waals surface area contributed by atoms with Crippen LogP contribution in [-0.2, 0) is 0 Å². The highest BCUT2D eigenvalue weighted by Crippen LogP contribution is 2.36. The number of aryl methyl sites for hydroxylation is 1. The molecule has 0 aromatic carbocycles. The zero-order valence-electron chi connectivity index (χ0n) is 9.48. The van der Waals surface area contributed by atoms with E-state index in [4.69, 9.17) is 5.73 Å². The first kappa shape index (κ1) is 10.2. The molecule has 0 amide bonds. The highest BCUT2D eigenvalue weighted by molar-refractivity contribution is 7.16. The van der Waals surface area contributed by atoms with Gasteiger partial charge >= 0.3 is 0 Å². The molecule has 0 aliphatic carbocycles. The van der Waals surface area contributed by atoms with Crippen molar-refractivity contribution < 1.29 is 0 Å². The van der Waals surface area contributed by atoms with E-state index < -0.39 is 0 Å². The zero-order valence-corrected chi connectivity index (χ0v) is 10.3. The lowest BCUT2D eigenvalue weighted by atomic mass is 10.1. The summed E-state index contributed by atoms with van der Waals surface area (Å²) in [6.07, 6.45) is 3.20. The van der Waals surface area contributed by atoms with Crippen molar-refractivity contribution in [3.8, 4) is 11.4 Å². The number of H-pyrrole nitrogens is 1. The molecule has 0 radical (unpaired) electrons. The summed E-state index contributed by atoms with van der Waals surface area (Å²) in [5.74, 6) is 0.764. The van der Waals surface area contributed by atoms with Crippen LogP contribution >= 0.6 is 11.3 Å². The van der Waals surface area contributed by atoms with Gasteiger partial charge in [-0.05, 0) is 19.4 Å². The van der Waals surface area contributed by atoms with Gasteiger partial charge in [0, 0.05) is 4.88 Å². The van der Waals surface area contributed by atoms with Gasteiger partial charge < -0.3 is 10.7 Å². The molecule has 0 aliphatic rings. The van der Waals surface area contributed by atoms with Crippen LogP contribution in [0.1, 0.15) is 10.4 Å². The van der Waals surface area contributed by atoms with Gasteiger partial charge in [0.05, 0.1) is 16.8 Å². The highest BCUT2D eigenvalue weighted by atomic mass is 32.1. The SMILES string of the molecule is Cc1sc(N)c(-c2nc3ncncc3[nH]2)c1C. The molecule has 3 rings (SSSR count). The molecule has 0 saturated heterocycles. The third kappa shape index (κ3) is 1.49. The Bertz CT molecular complexity index is 664. The lowest BCUT2D eigenvalue weighted by molar-refractivity contribution is 1.20. The molecule has 5 nitrogen and oxygen atoms in total. The lowest BCUT2D eigenvalue weighted by Gasteiger charge is -1.96. The van der Waals surface area contributed by atoms with Crippen LogP contribution in [0.3, 0.4) is 0 Å². The van der Waals surface area contributed by atoms with Gasteiger partial charge in [-0.25, -0.2) is 15.0 Å². The van der Waals surface area contributed by atoms with E-state index in [9.17, 15) is 0 Å². The number of nitrogens with one attached hydrogen (secondary N) is 1. The molecule has 3 aromatic heterocycles. The second-order valence-electron chi connectivity index (χ2n) is 3.87. The molecule has 0 aliphatic heterocycles. The Morgan fingerprint density at radius 1 is 1.35 bits per heavy atom. The number of hydrogen-bond acceptors (Lipinski definition) is 5. The molecule has 0 fully saturated rings. The average molecular weight is 245 g/mol. The standard InChI is InChI=1S/C11H11N5S/c1-5-6(2)17-9(12)8(5)11-15-7-3-13-4-14-10(7)16-11/h3-4H,12H2,1-2H3,(H,13,14,15,16). The number of nitrogen functional groups attached to an aromatic ring is 1. The van der Waals surface area contributed by atoms with Crippen LogP contribution < -0.4 is 5.73 Å². The van der Waals surface area contributed by atoms with Crippen molar-refractivity contribution >= 4 is 27.5 Å². The Morgan fingerprint density at radius 3 is 2.82 bits per heavy atom. The lowest BCUT2D eigenvalue weighted by Crippen LogP contribution is -1.87. The van der Waals surface area contributed by atoms with Crippen molar-refractivity contribution in [3.05, 3.63) is 23.0 Å². The quantitative estimate of drug-likeness (QED) is 0.689. The Labute approximate surface area is 102 Å². The van der Waals surface area contributed by atoms with Crippen LogP contribution in [0.2, 0.25) is 0 Å². The van der Waals surface area contributed by atoms with Crippen molar-refractivity contribution in [2.24, 2.45) is 0 Å². The second kappa shape index (κ2) is 3.53. The maximum absolute atomic E-state index is 6.02. The number of nitrogens with two attached hydrogens (primary N) is 1. The van der Waals surface area contributed by atoms with Gasteiger partial charge in [0.2, 0.25) is 0 Å². The fraction of sp³-hybridized carbons (Fsp3) is 0.182. The average Bonchev–Trinajstić information content (AvgIpc) is 2.81. The molecule has 0 spiro atoms. The molecular weight excluding hydrogens is 234 g/mol. The van der Waals surface area contributed by atoms with Gasteiger partial charge in [-0.1, -0.05) is 0 Å². The largest absolute Gasteiger partial charge is 0.390 e. The number of rotatable bonds is 1. The summed E-state index contributed by atoms with van der Waals surface area (Å²) in [5.41, 5.74) is 9.65. The summed E-state index contributed by atoms with van der Waals surface area (Å²) in [5, 5.41) is 0.784. The Morgan fingerprint density at radius 2 is 2.18 bits per heavy atom. The van der Waals surface area contributed by atoms with Gasteiger partial charge in [0.15, 0.2) is 5.65 Å². The second-order valence-corrected chi connectivity index (χ2v) is 5.12. The fourth-order valence-corrected chi connectivity index (χ4v) is 2.76. The van der Waals surface area contributed by atoms with E-state index in [1.165, 1.54) is 16.8 Å². The van der Waals surface area contributed by atoms with E-state index in [2.05, 4.69) is 33.8 Å². The van der Waals surface area contributed by atoms with Crippen molar-refractivity contribution in [2.45, 2.75) is 13.8 Å². The van der Waals surface area contributed by atoms with Crippen molar-refractivity contribution in [2.75, 3.05) is 5.73 Å². The topological polar surface area (TPSA) is 80.5 Å². The number of nitrogens with zero attached hydrogens (tertiary/aromatic N) is 3. The highest BCUT2D eigenvalue weighted by Gasteiger charge is 2.15. The van der Waals surface area contributed by atoms with Gasteiger partial charge in [-0.15, -0.1) is 11.3 Å². The molecule has 3 aromatic rings. The first-order valence-corrected chi connectivity index (χ1v) is 6.00. The van der Waals surface area contributed by atoms with Gasteiger partial charge in [-0.3, -0.25) is 0 Å². The van der Waals surface area contributed by atoms with E-state index in [-0.39, 0.29) is 0 Å². The molecule has 0 atom stereocenters. The molecule has 3 heterocycles. The predicted molar refractivity (Wildman–Crippen MR) is 68.9 cm³/mol. The molecule has 0 saturated carbocycles. The van der Waals surface area contributed by atoms with Crippen molar-refractivity contribution in [3.63, 3.8) is 0 Å². The van der Waals surface area contributed by atoms with Crippen molar-refractivity contribution in [1.29, 1.82) is 0 Å². The Balaban J connectivity index is 2.27. The number of aromatic amines is 1. The summed E-state index contributed by atoms with van der Waals surface area (Å²) >= 11 is 1.58. The van der Waals surface area contributed by atoms with Crippen LogP contribution in [0.15, 0.2) is 12.5 Å². The summed E-state index contributed by atoms with van der Waals surface area (Å²) in [6.45, 7) is 4.11. The van der Waals surface area contributed by atoms with Crippen LogP contribution in [0.4, 0.5) is 5.00 Å². The summed E-state index contributed by atoms with van der Waals surface area (Å²) in [4.78, 5) is 16.9. The molecule has 17 heavy (non-hydrogen) atoms. The summed E-state index contributed by atoms with van der Waals surface area (Å²) < 4.78 is 0. The molecular formula is C11H11N5S. The third-order valence-electron chi connectivity index (χ3n) is 2.81. The fourth-order valence-electron chi connectivity index (χ4n) is 1.83. The first-order chi connectivity index (χ1) is 8.16. The third-order valence-corrected chi connectivity index (χ3v) is 3.85. The van der Waals surface area contributed by atoms with Gasteiger partial charge in [0.25, 0.3) is 0 Å². The number of thiophene rings is 1. The maximum atomic E-state index is 6.02. The normalized spacial score (nSPS) is 11.2. The van der Waals surface area contributed by atoms with Crippen LogP contribution in [-0.4, -0.2) is 19.9 Å². The van der Waals surface area contributed by atoms with E-state index >= 15 is 0 Å². The Kier molecular flexibility index (Phi) is 2.12. The number of fused-ring (bicyclic) bond motifs is 1. The number of aromatic nitrogens is 4. The minimum Gasteiger partial charge on any atom is -0.390 e. The monoisotopic (exact) mass is 245 g/mol. The van der Waals surface area contributed by atoms with Crippen LogP contribution in [0, 0.1) is 13.8 Å². The number of imidazole rings is 1. The summed E-state index contributed by atoms with van der Waals surface area (Å²) in [7, 11) is 0. The minimum absolute atomic E-state index is 0.664. The van der Waals surface area contributed by atoms with E-state index in [0.29, 0.717) is 5.65 Å². The first-order valence-electron chi connectivity index (χ1n) is 5.18. The van der Waals surface area contributed by atoms with Crippen molar-refractivity contribution in [1.82, 2.24) is 19.9 Å². The number of hydrogen-bond donors (Lipinski definition) is 2. The smallest absolute Gasteiger partial charge is 0.181 e. The molecule has 0 unspecified atom stereocenters. The molecule has 0 bridgehead atoms. The molecule has 86 valence electrons. The van der Waals surface area contributed by atoms with Gasteiger partial charge in [0.1, 0.15) is 17.7 Å². The summed E-state index contributed by atoms with van der Waals surface area (Å²) in [6, 6.07) is 0. The van der Waals surface area contributed by atoms with Crippen LogP contribution in [0.25, 0.3) is 22.6 Å². The predicted octanol–water partition coefficient (Wildman–Crippen LogP) is 2.28.